The Hall–Kier alpha value is -1.12. The van der Waals surface area contributed by atoms with Crippen molar-refractivity contribution in [2.75, 3.05) is 36.5 Å². The maximum atomic E-state index is 11.5. The molecule has 0 atom stereocenters. The lowest BCUT2D eigenvalue weighted by atomic mass is 10.3. The maximum Gasteiger partial charge on any atom is 0.195 e. The Morgan fingerprint density at radius 2 is 2.16 bits per heavy atom. The van der Waals surface area contributed by atoms with Crippen LogP contribution in [0.3, 0.4) is 0 Å². The minimum absolute atomic E-state index is 0.219. The highest BCUT2D eigenvalue weighted by Gasteiger charge is 2.26. The third-order valence-electron chi connectivity index (χ3n) is 3.33. The van der Waals surface area contributed by atoms with Gasteiger partial charge in [0.05, 0.1) is 17.2 Å². The van der Waals surface area contributed by atoms with E-state index in [1.807, 2.05) is 18.6 Å². The van der Waals surface area contributed by atoms with Gasteiger partial charge in [-0.3, -0.25) is 4.40 Å². The summed E-state index contributed by atoms with van der Waals surface area (Å²) in [6, 6.07) is 0. The number of hydrogen-bond acceptors (Lipinski definition) is 6. The van der Waals surface area contributed by atoms with Gasteiger partial charge in [-0.2, -0.15) is 0 Å². The fourth-order valence-electron chi connectivity index (χ4n) is 2.33. The zero-order valence-electron chi connectivity index (χ0n) is 10.7. The Balaban J connectivity index is 1.95. The number of aromatic nitrogens is 2. The molecule has 8 heteroatoms. The highest BCUT2D eigenvalue weighted by molar-refractivity contribution is 7.91. The molecule has 3 heterocycles. The topological polar surface area (TPSA) is 66.7 Å². The first kappa shape index (κ1) is 12.9. The van der Waals surface area contributed by atoms with E-state index in [4.69, 9.17) is 0 Å². The van der Waals surface area contributed by atoms with Crippen molar-refractivity contribution in [1.29, 1.82) is 0 Å². The predicted octanol–water partition coefficient (Wildman–Crippen LogP) is 0.350. The fourth-order valence-corrected chi connectivity index (χ4v) is 4.26. The van der Waals surface area contributed by atoms with Crippen molar-refractivity contribution >= 4 is 32.0 Å². The number of hydrogen-bond donors (Lipinski definition) is 1. The number of imidazole rings is 1. The Morgan fingerprint density at radius 3 is 2.84 bits per heavy atom. The first-order valence-electron chi connectivity index (χ1n) is 6.15. The van der Waals surface area contributed by atoms with Gasteiger partial charge in [0, 0.05) is 31.2 Å². The van der Waals surface area contributed by atoms with E-state index in [-0.39, 0.29) is 11.5 Å². The van der Waals surface area contributed by atoms with Gasteiger partial charge >= 0.3 is 0 Å². The van der Waals surface area contributed by atoms with Gasteiger partial charge in [-0.05, 0) is 7.05 Å². The third kappa shape index (κ3) is 2.35. The lowest BCUT2D eigenvalue weighted by molar-refractivity contribution is 0.586. The molecule has 0 saturated carbocycles. The number of fused-ring (bicyclic) bond motifs is 1. The maximum absolute atomic E-state index is 11.5. The van der Waals surface area contributed by atoms with Crippen molar-refractivity contribution in [1.82, 2.24) is 14.7 Å². The molecule has 1 saturated heterocycles. The van der Waals surface area contributed by atoms with Gasteiger partial charge in [0.25, 0.3) is 0 Å². The number of rotatable bonds is 3. The minimum Gasteiger partial charge on any atom is -0.353 e. The molecule has 2 aromatic rings. The largest absolute Gasteiger partial charge is 0.353 e. The number of sulfone groups is 1. The summed E-state index contributed by atoms with van der Waals surface area (Å²) in [5.41, 5.74) is 1.10. The third-order valence-corrected chi connectivity index (χ3v) is 5.69. The van der Waals surface area contributed by atoms with E-state index >= 15 is 0 Å². The molecule has 1 fully saturated rings. The van der Waals surface area contributed by atoms with Crippen LogP contribution in [0.5, 0.6) is 0 Å². The van der Waals surface area contributed by atoms with Crippen molar-refractivity contribution in [2.24, 2.45) is 0 Å². The summed E-state index contributed by atoms with van der Waals surface area (Å²) in [5, 5.41) is 5.15. The quantitative estimate of drug-likeness (QED) is 0.886. The average Bonchev–Trinajstić information content (AvgIpc) is 2.92. The Bertz CT molecular complexity index is 675. The average molecular weight is 300 g/mol. The fraction of sp³-hybridized carbons (Fsp3) is 0.545. The second-order valence-corrected chi connectivity index (χ2v) is 7.78. The van der Waals surface area contributed by atoms with Gasteiger partial charge in [0.15, 0.2) is 20.6 Å². The zero-order chi connectivity index (χ0) is 13.5. The smallest absolute Gasteiger partial charge is 0.195 e. The van der Waals surface area contributed by atoms with Gasteiger partial charge in [0.1, 0.15) is 0 Å². The highest BCUT2D eigenvalue weighted by Crippen LogP contribution is 2.25. The van der Waals surface area contributed by atoms with Crippen LogP contribution < -0.4 is 10.2 Å². The molecule has 1 aliphatic rings. The highest BCUT2D eigenvalue weighted by atomic mass is 32.2. The molecule has 0 aromatic carbocycles. The Morgan fingerprint density at radius 1 is 1.42 bits per heavy atom. The molecule has 3 rings (SSSR count). The van der Waals surface area contributed by atoms with Crippen LogP contribution in [0.25, 0.3) is 4.96 Å². The summed E-state index contributed by atoms with van der Waals surface area (Å²) < 4.78 is 25.1. The molecule has 6 nitrogen and oxygen atoms in total. The number of nitrogens with zero attached hydrogens (tertiary/aromatic N) is 3. The van der Waals surface area contributed by atoms with Crippen LogP contribution in [-0.2, 0) is 16.4 Å². The summed E-state index contributed by atoms with van der Waals surface area (Å²) >= 11 is 1.59. The van der Waals surface area contributed by atoms with Crippen molar-refractivity contribution < 1.29 is 8.42 Å². The van der Waals surface area contributed by atoms with Crippen molar-refractivity contribution in [3.8, 4) is 0 Å². The number of anilines is 1. The molecular weight excluding hydrogens is 284 g/mol. The molecule has 0 unspecified atom stereocenters. The molecule has 0 amide bonds. The molecular formula is C11H16N4O2S2. The molecule has 0 bridgehead atoms. The van der Waals surface area contributed by atoms with Crippen molar-refractivity contribution in [3.05, 3.63) is 17.3 Å². The molecule has 2 aromatic heterocycles. The van der Waals surface area contributed by atoms with Crippen molar-refractivity contribution in [2.45, 2.75) is 6.54 Å². The standard InChI is InChI=1S/C11H16N4O2S2/c1-12-8-9-10(13-11-15(9)2-5-18-11)14-3-6-19(16,17)7-4-14/h2,5,12H,3-4,6-8H2,1H3. The SMILES string of the molecule is CNCc1c(N2CCS(=O)(=O)CC2)nc2sccn12. The van der Waals surface area contributed by atoms with Crippen LogP contribution in [0.15, 0.2) is 11.6 Å². The van der Waals surface area contributed by atoms with Gasteiger partial charge in [-0.25, -0.2) is 13.4 Å². The van der Waals surface area contributed by atoms with E-state index in [2.05, 4.69) is 19.6 Å². The van der Waals surface area contributed by atoms with E-state index in [1.54, 1.807) is 11.3 Å². The molecule has 0 radical (unpaired) electrons. The van der Waals surface area contributed by atoms with Crippen LogP contribution >= 0.6 is 11.3 Å². The van der Waals surface area contributed by atoms with E-state index in [0.29, 0.717) is 13.1 Å². The normalized spacial score (nSPS) is 19.1. The molecule has 0 aliphatic carbocycles. The van der Waals surface area contributed by atoms with E-state index in [9.17, 15) is 8.42 Å². The van der Waals surface area contributed by atoms with Crippen LogP contribution in [0.2, 0.25) is 0 Å². The summed E-state index contributed by atoms with van der Waals surface area (Å²) in [7, 11) is -0.956. The van der Waals surface area contributed by atoms with E-state index in [0.717, 1.165) is 23.0 Å². The lowest BCUT2D eigenvalue weighted by Gasteiger charge is -2.27. The lowest BCUT2D eigenvalue weighted by Crippen LogP contribution is -2.41. The van der Waals surface area contributed by atoms with E-state index < -0.39 is 9.84 Å². The second-order valence-electron chi connectivity index (χ2n) is 4.61. The summed E-state index contributed by atoms with van der Waals surface area (Å²) in [5.74, 6) is 1.35. The van der Waals surface area contributed by atoms with Crippen LogP contribution in [0.1, 0.15) is 5.69 Å². The first-order chi connectivity index (χ1) is 9.11. The summed E-state index contributed by atoms with van der Waals surface area (Å²) in [4.78, 5) is 7.66. The second kappa shape index (κ2) is 4.77. The predicted molar refractivity (Wildman–Crippen MR) is 76.7 cm³/mol. The summed E-state index contributed by atoms with van der Waals surface area (Å²) in [6.07, 6.45) is 2.00. The Kier molecular flexibility index (Phi) is 3.23. The van der Waals surface area contributed by atoms with Gasteiger partial charge in [-0.1, -0.05) is 0 Å². The monoisotopic (exact) mass is 300 g/mol. The molecule has 19 heavy (non-hydrogen) atoms. The molecule has 1 aliphatic heterocycles. The van der Waals surface area contributed by atoms with Crippen molar-refractivity contribution in [3.63, 3.8) is 0 Å². The van der Waals surface area contributed by atoms with E-state index in [1.165, 1.54) is 0 Å². The van der Waals surface area contributed by atoms with Gasteiger partial charge in [0.2, 0.25) is 0 Å². The molecule has 1 N–H and O–H groups in total. The van der Waals surface area contributed by atoms with Gasteiger partial charge in [-0.15, -0.1) is 11.3 Å². The molecule has 0 spiro atoms. The number of nitrogens with one attached hydrogen (secondary N) is 1. The molecule has 104 valence electrons. The minimum atomic E-state index is -2.85. The van der Waals surface area contributed by atoms with Crippen LogP contribution in [0.4, 0.5) is 5.82 Å². The van der Waals surface area contributed by atoms with Crippen LogP contribution in [-0.4, -0.2) is 49.4 Å². The summed E-state index contributed by atoms with van der Waals surface area (Å²) in [6.45, 7) is 1.78. The zero-order valence-corrected chi connectivity index (χ0v) is 12.3. The Labute approximate surface area is 116 Å². The number of thiazole rings is 1. The van der Waals surface area contributed by atoms with Gasteiger partial charge < -0.3 is 10.2 Å². The van der Waals surface area contributed by atoms with Crippen LogP contribution in [0, 0.1) is 0 Å². The first-order valence-corrected chi connectivity index (χ1v) is 8.85.